The summed E-state index contributed by atoms with van der Waals surface area (Å²) in [6.07, 6.45) is 0. The number of carbonyl (C=O) groups is 4. The normalized spacial score (nSPS) is 16.9. The highest BCUT2D eigenvalue weighted by Gasteiger charge is 2.39. The maximum absolute atomic E-state index is 13.3. The second-order valence-corrected chi connectivity index (χ2v) is 8.42. The van der Waals surface area contributed by atoms with E-state index in [2.05, 4.69) is 5.32 Å². The molecule has 0 spiro atoms. The Bertz CT molecular complexity index is 1370. The van der Waals surface area contributed by atoms with Crippen LogP contribution in [-0.2, 0) is 19.1 Å². The van der Waals surface area contributed by atoms with Crippen molar-refractivity contribution < 1.29 is 33.6 Å². The molecule has 0 saturated carbocycles. The fraction of sp³-hybridized carbons (Fsp3) is 0.231. The number of imide groups is 1. The minimum atomic E-state index is -1.01. The number of nitrogens with zero attached hydrogens (tertiary/aromatic N) is 2. The van der Waals surface area contributed by atoms with E-state index < -0.39 is 34.6 Å². The molecule has 190 valence electrons. The predicted molar refractivity (Wildman–Crippen MR) is 129 cm³/mol. The van der Waals surface area contributed by atoms with Crippen molar-refractivity contribution in [2.45, 2.75) is 19.8 Å². The Hall–Kier alpha value is -4.80. The van der Waals surface area contributed by atoms with Gasteiger partial charge in [-0.2, -0.15) is 0 Å². The highest BCUT2D eigenvalue weighted by molar-refractivity contribution is 6.21. The van der Waals surface area contributed by atoms with E-state index in [0.29, 0.717) is 17.0 Å². The van der Waals surface area contributed by atoms with Gasteiger partial charge in [0, 0.05) is 23.5 Å². The Balaban J connectivity index is 1.60. The number of nitrogens with one attached hydrogen (secondary N) is 1. The fourth-order valence-electron chi connectivity index (χ4n) is 4.55. The predicted octanol–water partition coefficient (Wildman–Crippen LogP) is 2.84. The van der Waals surface area contributed by atoms with Crippen molar-refractivity contribution in [2.24, 2.45) is 0 Å². The van der Waals surface area contributed by atoms with Crippen molar-refractivity contribution in [1.29, 1.82) is 0 Å². The smallest absolute Gasteiger partial charge is 0.336 e. The number of esters is 2. The largest absolute Gasteiger partial charge is 0.466 e. The lowest BCUT2D eigenvalue weighted by Gasteiger charge is -2.30. The molecule has 0 aliphatic carbocycles. The summed E-state index contributed by atoms with van der Waals surface area (Å²) in [5, 5.41) is 14.4. The van der Waals surface area contributed by atoms with Crippen LogP contribution < -0.4 is 5.32 Å². The molecule has 2 aromatic rings. The van der Waals surface area contributed by atoms with Crippen LogP contribution in [0.4, 0.5) is 5.69 Å². The number of nitro groups is 1. The highest BCUT2D eigenvalue weighted by Crippen LogP contribution is 2.40. The second kappa shape index (κ2) is 10.1. The monoisotopic (exact) mass is 505 g/mol. The number of hydrogen-bond acceptors (Lipinski definition) is 9. The van der Waals surface area contributed by atoms with Crippen LogP contribution in [0.3, 0.4) is 0 Å². The van der Waals surface area contributed by atoms with Crippen LogP contribution in [0, 0.1) is 10.1 Å². The molecule has 0 radical (unpaired) electrons. The summed E-state index contributed by atoms with van der Waals surface area (Å²) in [6.45, 7) is 2.78. The van der Waals surface area contributed by atoms with Gasteiger partial charge < -0.3 is 14.8 Å². The molecule has 1 atom stereocenters. The summed E-state index contributed by atoms with van der Waals surface area (Å²) < 4.78 is 10.4. The van der Waals surface area contributed by atoms with Gasteiger partial charge in [-0.15, -0.1) is 0 Å². The number of dihydropyridines is 1. The van der Waals surface area contributed by atoms with Crippen molar-refractivity contribution in [1.82, 2.24) is 10.2 Å². The molecule has 2 aromatic carbocycles. The zero-order valence-electron chi connectivity index (χ0n) is 20.3. The molecule has 37 heavy (non-hydrogen) atoms. The van der Waals surface area contributed by atoms with E-state index in [0.717, 1.165) is 4.90 Å². The molecule has 2 heterocycles. The number of ether oxygens (including phenoxy) is 2. The average Bonchev–Trinajstić information content (AvgIpc) is 3.12. The molecule has 1 unspecified atom stereocenters. The number of methoxy groups -OCH3 is 1. The van der Waals surface area contributed by atoms with Gasteiger partial charge >= 0.3 is 11.9 Å². The van der Waals surface area contributed by atoms with Gasteiger partial charge in [-0.1, -0.05) is 24.3 Å². The lowest BCUT2D eigenvalue weighted by atomic mass is 9.80. The standard InChI is InChI=1S/C26H23N3O8/c1-14-20(25(32)36-3)22(16-7-6-8-17(13-16)29(34)35)21(15(2)27-14)26(33)37-12-11-28-23(30)18-9-4-5-10-19(18)24(28)31/h4-10,13,22,27H,11-12H2,1-3H3. The molecule has 1 N–H and O–H groups in total. The number of rotatable bonds is 7. The van der Waals surface area contributed by atoms with Gasteiger partial charge in [-0.05, 0) is 31.5 Å². The van der Waals surface area contributed by atoms with Crippen LogP contribution in [0.25, 0.3) is 0 Å². The molecule has 0 saturated heterocycles. The SMILES string of the molecule is COC(=O)C1=C(C)NC(C)=C(C(=O)OCCN2C(=O)c3ccccc3C2=O)C1c1cccc([N+](=O)[O-])c1. The van der Waals surface area contributed by atoms with Crippen molar-refractivity contribution in [2.75, 3.05) is 20.3 Å². The molecule has 4 rings (SSSR count). The average molecular weight is 505 g/mol. The number of hydrogen-bond donors (Lipinski definition) is 1. The van der Waals surface area contributed by atoms with Crippen LogP contribution >= 0.6 is 0 Å². The third-order valence-electron chi connectivity index (χ3n) is 6.23. The first-order valence-electron chi connectivity index (χ1n) is 11.3. The third-order valence-corrected chi connectivity index (χ3v) is 6.23. The third kappa shape index (κ3) is 4.58. The van der Waals surface area contributed by atoms with Crippen LogP contribution in [0.1, 0.15) is 46.0 Å². The number of non-ortho nitro benzene ring substituents is 1. The van der Waals surface area contributed by atoms with Crippen molar-refractivity contribution in [3.63, 3.8) is 0 Å². The molecule has 0 aromatic heterocycles. The van der Waals surface area contributed by atoms with E-state index in [-0.39, 0.29) is 41.1 Å². The van der Waals surface area contributed by atoms with Crippen molar-refractivity contribution in [3.05, 3.63) is 97.9 Å². The van der Waals surface area contributed by atoms with Gasteiger partial charge in [0.15, 0.2) is 0 Å². The topological polar surface area (TPSA) is 145 Å². The van der Waals surface area contributed by atoms with Crippen molar-refractivity contribution in [3.8, 4) is 0 Å². The minimum absolute atomic E-state index is 0.0499. The molecule has 2 aliphatic heterocycles. The number of fused-ring (bicyclic) bond motifs is 1. The van der Waals surface area contributed by atoms with Crippen LogP contribution in [0.15, 0.2) is 71.1 Å². The first-order chi connectivity index (χ1) is 17.6. The maximum atomic E-state index is 13.3. The Morgan fingerprint density at radius 2 is 1.57 bits per heavy atom. The van der Waals surface area contributed by atoms with E-state index in [4.69, 9.17) is 9.47 Å². The molecular formula is C26H23N3O8. The van der Waals surface area contributed by atoms with Gasteiger partial charge in [0.05, 0.1) is 46.8 Å². The Kier molecular flexibility index (Phi) is 6.87. The molecule has 11 heteroatoms. The molecule has 2 amide bonds. The number of amides is 2. The zero-order valence-corrected chi connectivity index (χ0v) is 20.3. The van der Waals surface area contributed by atoms with Crippen LogP contribution in [0.2, 0.25) is 0 Å². The van der Waals surface area contributed by atoms with Crippen LogP contribution in [0.5, 0.6) is 0 Å². The van der Waals surface area contributed by atoms with Crippen molar-refractivity contribution >= 4 is 29.4 Å². The minimum Gasteiger partial charge on any atom is -0.466 e. The number of nitro benzene ring substituents is 1. The highest BCUT2D eigenvalue weighted by atomic mass is 16.6. The van der Waals surface area contributed by atoms with Crippen LogP contribution in [-0.4, -0.2) is 53.8 Å². The molecule has 11 nitrogen and oxygen atoms in total. The quantitative estimate of drug-likeness (QED) is 0.260. The first kappa shape index (κ1) is 25.3. The maximum Gasteiger partial charge on any atom is 0.336 e. The van der Waals surface area contributed by atoms with E-state index in [1.807, 2.05) is 0 Å². The molecule has 0 bridgehead atoms. The summed E-state index contributed by atoms with van der Waals surface area (Å²) >= 11 is 0. The summed E-state index contributed by atoms with van der Waals surface area (Å²) in [5.74, 6) is -3.50. The Morgan fingerprint density at radius 3 is 2.14 bits per heavy atom. The lowest BCUT2D eigenvalue weighted by Crippen LogP contribution is -2.35. The first-order valence-corrected chi connectivity index (χ1v) is 11.3. The molecule has 2 aliphatic rings. The summed E-state index contributed by atoms with van der Waals surface area (Å²) in [5.41, 5.74) is 1.62. The summed E-state index contributed by atoms with van der Waals surface area (Å²) in [7, 11) is 1.19. The van der Waals surface area contributed by atoms with Gasteiger partial charge in [0.2, 0.25) is 0 Å². The van der Waals surface area contributed by atoms with E-state index in [1.54, 1.807) is 44.2 Å². The summed E-state index contributed by atoms with van der Waals surface area (Å²) in [4.78, 5) is 63.0. The fourth-order valence-corrected chi connectivity index (χ4v) is 4.55. The molecule has 0 fully saturated rings. The van der Waals surface area contributed by atoms with E-state index >= 15 is 0 Å². The number of allylic oxidation sites excluding steroid dienone is 2. The molecular weight excluding hydrogens is 482 g/mol. The van der Waals surface area contributed by atoms with E-state index in [9.17, 15) is 29.3 Å². The number of benzene rings is 2. The van der Waals surface area contributed by atoms with Gasteiger partial charge in [-0.3, -0.25) is 24.6 Å². The number of carbonyl (C=O) groups excluding carboxylic acids is 4. The summed E-state index contributed by atoms with van der Waals surface area (Å²) in [6, 6.07) is 12.0. The second-order valence-electron chi connectivity index (χ2n) is 8.42. The zero-order chi connectivity index (χ0) is 26.9. The van der Waals surface area contributed by atoms with Gasteiger partial charge in [0.1, 0.15) is 6.61 Å². The Labute approximate surface area is 211 Å². The van der Waals surface area contributed by atoms with Gasteiger partial charge in [-0.25, -0.2) is 9.59 Å². The van der Waals surface area contributed by atoms with Gasteiger partial charge in [0.25, 0.3) is 17.5 Å². The van der Waals surface area contributed by atoms with E-state index in [1.165, 1.54) is 25.3 Å². The lowest BCUT2D eigenvalue weighted by molar-refractivity contribution is -0.384. The Morgan fingerprint density at radius 1 is 0.973 bits per heavy atom.